The highest BCUT2D eigenvalue weighted by Gasteiger charge is 2.22. The largest absolute Gasteiger partial charge is 0.382 e. The van der Waals surface area contributed by atoms with E-state index in [0.29, 0.717) is 28.9 Å². The highest BCUT2D eigenvalue weighted by molar-refractivity contribution is 6.07. The molecule has 39 heavy (non-hydrogen) atoms. The second-order valence-corrected chi connectivity index (χ2v) is 9.58. The van der Waals surface area contributed by atoms with Crippen LogP contribution in [0.3, 0.4) is 0 Å². The smallest absolute Gasteiger partial charge is 0.253 e. The van der Waals surface area contributed by atoms with Crippen molar-refractivity contribution in [3.05, 3.63) is 66.1 Å². The number of amides is 1. The first-order valence-electron chi connectivity index (χ1n) is 12.8. The van der Waals surface area contributed by atoms with Gasteiger partial charge in [0.25, 0.3) is 5.91 Å². The molecule has 2 aromatic carbocycles. The SMILES string of the molecule is Nc1ncnn2cc(C(=O)NCCCN3CCCC3)c(-c3ccc(Nc4nc5cc(F)cc(F)c5[nH]4)cc3)c12. The second kappa shape index (κ2) is 10.3. The number of benzene rings is 2. The van der Waals surface area contributed by atoms with Crippen LogP contribution in [0.25, 0.3) is 27.7 Å². The zero-order chi connectivity index (χ0) is 26.9. The predicted molar refractivity (Wildman–Crippen MR) is 145 cm³/mol. The van der Waals surface area contributed by atoms with Crippen LogP contribution in [0, 0.1) is 11.6 Å². The Hall–Kier alpha value is -4.58. The zero-order valence-electron chi connectivity index (χ0n) is 21.0. The van der Waals surface area contributed by atoms with Crippen molar-refractivity contribution in [3.8, 4) is 11.1 Å². The molecule has 0 unspecified atom stereocenters. The number of fused-ring (bicyclic) bond motifs is 2. The zero-order valence-corrected chi connectivity index (χ0v) is 21.0. The Morgan fingerprint density at radius 3 is 2.72 bits per heavy atom. The van der Waals surface area contributed by atoms with Crippen molar-refractivity contribution in [1.29, 1.82) is 0 Å². The Labute approximate surface area is 222 Å². The Kier molecular flexibility index (Phi) is 6.53. The van der Waals surface area contributed by atoms with Gasteiger partial charge in [0.05, 0.1) is 11.1 Å². The maximum atomic E-state index is 14.0. The summed E-state index contributed by atoms with van der Waals surface area (Å²) in [6, 6.07) is 9.21. The molecule has 0 atom stereocenters. The standard InChI is InChI=1S/C27H27F2N9O/c28-17-12-20(29)23-21(13-17)35-27(36-23)34-18-6-4-16(5-7-18)22-19(14-38-24(22)25(30)32-15-33-38)26(39)31-8-3-11-37-9-1-2-10-37/h4-7,12-15H,1-3,8-11H2,(H,31,39)(H2,30,32,33)(H2,34,35,36). The van der Waals surface area contributed by atoms with E-state index in [1.54, 1.807) is 22.8 Å². The molecule has 5 N–H and O–H groups in total. The molecular weight excluding hydrogens is 504 g/mol. The molecule has 0 radical (unpaired) electrons. The van der Waals surface area contributed by atoms with Gasteiger partial charge < -0.3 is 26.3 Å². The van der Waals surface area contributed by atoms with E-state index >= 15 is 0 Å². The molecule has 1 fully saturated rings. The third-order valence-corrected chi connectivity index (χ3v) is 6.93. The lowest BCUT2D eigenvalue weighted by Crippen LogP contribution is -2.28. The van der Waals surface area contributed by atoms with Crippen molar-refractivity contribution in [1.82, 2.24) is 34.8 Å². The molecule has 1 saturated heterocycles. The molecule has 0 spiro atoms. The average Bonchev–Trinajstić information content (AvgIpc) is 3.66. The van der Waals surface area contributed by atoms with Crippen LogP contribution in [0.4, 0.5) is 26.2 Å². The summed E-state index contributed by atoms with van der Waals surface area (Å²) in [5.41, 5.74) is 9.49. The normalized spacial score (nSPS) is 13.9. The summed E-state index contributed by atoms with van der Waals surface area (Å²) >= 11 is 0. The molecule has 1 aliphatic heterocycles. The minimum atomic E-state index is -0.719. The minimum Gasteiger partial charge on any atom is -0.382 e. The van der Waals surface area contributed by atoms with E-state index in [9.17, 15) is 13.6 Å². The quantitative estimate of drug-likeness (QED) is 0.222. The summed E-state index contributed by atoms with van der Waals surface area (Å²) in [4.78, 5) is 26.8. The number of H-pyrrole nitrogens is 1. The predicted octanol–water partition coefficient (Wildman–Crippen LogP) is 4.09. The van der Waals surface area contributed by atoms with Gasteiger partial charge in [0, 0.05) is 36.1 Å². The fourth-order valence-electron chi connectivity index (χ4n) is 5.06. The third kappa shape index (κ3) is 4.98. The van der Waals surface area contributed by atoms with Crippen LogP contribution in [-0.4, -0.2) is 61.6 Å². The number of aromatic amines is 1. The average molecular weight is 532 g/mol. The van der Waals surface area contributed by atoms with Gasteiger partial charge in [-0.15, -0.1) is 0 Å². The molecule has 1 amide bonds. The number of hydrogen-bond acceptors (Lipinski definition) is 7. The van der Waals surface area contributed by atoms with Gasteiger partial charge in [-0.1, -0.05) is 12.1 Å². The summed E-state index contributed by atoms with van der Waals surface area (Å²) < 4.78 is 29.1. The summed E-state index contributed by atoms with van der Waals surface area (Å²) in [6.45, 7) is 3.77. The number of anilines is 3. The van der Waals surface area contributed by atoms with Crippen LogP contribution in [-0.2, 0) is 0 Å². The van der Waals surface area contributed by atoms with Gasteiger partial charge in [-0.3, -0.25) is 4.79 Å². The number of nitrogens with one attached hydrogen (secondary N) is 3. The fourth-order valence-corrected chi connectivity index (χ4v) is 5.06. The van der Waals surface area contributed by atoms with Gasteiger partial charge in [0.2, 0.25) is 5.95 Å². The van der Waals surface area contributed by atoms with Gasteiger partial charge in [-0.25, -0.2) is 23.3 Å². The summed E-state index contributed by atoms with van der Waals surface area (Å²) in [6.07, 6.45) is 6.35. The lowest BCUT2D eigenvalue weighted by atomic mass is 10.0. The number of carbonyl (C=O) groups excluding carboxylic acids is 1. The Morgan fingerprint density at radius 2 is 1.92 bits per heavy atom. The third-order valence-electron chi connectivity index (χ3n) is 6.93. The molecular formula is C27H27F2N9O. The van der Waals surface area contributed by atoms with Crippen LogP contribution in [0.1, 0.15) is 29.6 Å². The number of hydrogen-bond donors (Lipinski definition) is 4. The van der Waals surface area contributed by atoms with Crippen LogP contribution >= 0.6 is 0 Å². The van der Waals surface area contributed by atoms with Crippen molar-refractivity contribution < 1.29 is 13.6 Å². The monoisotopic (exact) mass is 531 g/mol. The van der Waals surface area contributed by atoms with E-state index in [2.05, 4.69) is 35.6 Å². The highest BCUT2D eigenvalue weighted by atomic mass is 19.1. The first-order chi connectivity index (χ1) is 19.0. The molecule has 0 bridgehead atoms. The molecule has 0 aliphatic carbocycles. The van der Waals surface area contributed by atoms with Crippen LogP contribution in [0.5, 0.6) is 0 Å². The van der Waals surface area contributed by atoms with Gasteiger partial charge in [-0.2, -0.15) is 5.10 Å². The topological polar surface area (TPSA) is 129 Å². The van der Waals surface area contributed by atoms with Crippen LogP contribution < -0.4 is 16.4 Å². The van der Waals surface area contributed by atoms with E-state index in [-0.39, 0.29) is 28.7 Å². The van der Waals surface area contributed by atoms with E-state index in [1.165, 1.54) is 19.2 Å². The molecule has 6 rings (SSSR count). The number of halogens is 2. The number of nitrogens with two attached hydrogens (primary N) is 1. The molecule has 200 valence electrons. The van der Waals surface area contributed by atoms with Gasteiger partial charge in [0.15, 0.2) is 11.6 Å². The summed E-state index contributed by atoms with van der Waals surface area (Å²) in [7, 11) is 0. The van der Waals surface area contributed by atoms with Crippen molar-refractivity contribution in [2.75, 3.05) is 37.2 Å². The number of imidazole rings is 1. The first kappa shape index (κ1) is 24.7. The maximum absolute atomic E-state index is 14.0. The number of likely N-dealkylation sites (tertiary alicyclic amines) is 1. The van der Waals surface area contributed by atoms with E-state index in [0.717, 1.165) is 43.8 Å². The number of rotatable bonds is 8. The Bertz CT molecular complexity index is 1660. The fraction of sp³-hybridized carbons (Fsp3) is 0.259. The molecule has 12 heteroatoms. The van der Waals surface area contributed by atoms with Crippen LogP contribution in [0.2, 0.25) is 0 Å². The summed E-state index contributed by atoms with van der Waals surface area (Å²) in [5.74, 6) is -1.11. The lowest BCUT2D eigenvalue weighted by Gasteiger charge is -2.14. The van der Waals surface area contributed by atoms with Gasteiger partial charge in [-0.05, 0) is 56.6 Å². The molecule has 3 aromatic heterocycles. The Morgan fingerprint density at radius 1 is 1.13 bits per heavy atom. The van der Waals surface area contributed by atoms with Crippen LogP contribution in [0.15, 0.2) is 48.9 Å². The maximum Gasteiger partial charge on any atom is 0.253 e. The van der Waals surface area contributed by atoms with Crippen molar-refractivity contribution in [2.45, 2.75) is 19.3 Å². The molecule has 5 aromatic rings. The van der Waals surface area contributed by atoms with E-state index < -0.39 is 11.6 Å². The molecule has 10 nitrogen and oxygen atoms in total. The van der Waals surface area contributed by atoms with Crippen molar-refractivity contribution in [2.24, 2.45) is 0 Å². The molecule has 1 aliphatic rings. The van der Waals surface area contributed by atoms with Gasteiger partial charge in [0.1, 0.15) is 23.2 Å². The van der Waals surface area contributed by atoms with Gasteiger partial charge >= 0.3 is 0 Å². The Balaban J connectivity index is 1.24. The molecule has 4 heterocycles. The van der Waals surface area contributed by atoms with Crippen molar-refractivity contribution >= 4 is 39.9 Å². The number of nitrogens with zero attached hydrogens (tertiary/aromatic N) is 5. The lowest BCUT2D eigenvalue weighted by molar-refractivity contribution is 0.0952. The first-order valence-corrected chi connectivity index (χ1v) is 12.8. The molecule has 0 saturated carbocycles. The van der Waals surface area contributed by atoms with E-state index in [1.807, 2.05) is 12.1 Å². The number of nitrogen functional groups attached to an aromatic ring is 1. The van der Waals surface area contributed by atoms with Crippen molar-refractivity contribution in [3.63, 3.8) is 0 Å². The second-order valence-electron chi connectivity index (χ2n) is 9.58. The minimum absolute atomic E-state index is 0.113. The highest BCUT2D eigenvalue weighted by Crippen LogP contribution is 2.33. The summed E-state index contributed by atoms with van der Waals surface area (Å²) in [5, 5.41) is 10.3. The number of carbonyl (C=O) groups is 1. The number of aromatic nitrogens is 5. The van der Waals surface area contributed by atoms with E-state index in [4.69, 9.17) is 5.73 Å².